The van der Waals surface area contributed by atoms with Crippen molar-refractivity contribution in [1.29, 1.82) is 5.26 Å². The van der Waals surface area contributed by atoms with Crippen LogP contribution in [-0.4, -0.2) is 14.8 Å². The van der Waals surface area contributed by atoms with Crippen molar-refractivity contribution in [3.8, 4) is 6.07 Å². The van der Waals surface area contributed by atoms with Gasteiger partial charge >= 0.3 is 5.69 Å². The van der Waals surface area contributed by atoms with E-state index in [9.17, 15) is 9.59 Å². The molecular formula is C7H8N4O2. The van der Waals surface area contributed by atoms with Gasteiger partial charge in [-0.15, -0.1) is 0 Å². The minimum absolute atomic E-state index is 0.286. The summed E-state index contributed by atoms with van der Waals surface area (Å²) in [5.74, 6) is 0. The molecule has 0 aliphatic rings. The smallest absolute Gasteiger partial charge is 0.266 e. The lowest BCUT2D eigenvalue weighted by Crippen LogP contribution is -2.38. The molecule has 6 heteroatoms. The molecule has 1 heterocycles. The molecule has 1 aromatic rings. The van der Waals surface area contributed by atoms with Crippen LogP contribution < -0.4 is 11.2 Å². The maximum absolute atomic E-state index is 11.3. The molecule has 0 aliphatic carbocycles. The monoisotopic (exact) mass is 180 g/mol. The lowest BCUT2D eigenvalue weighted by atomic mass is 10.4. The molecule has 1 rings (SSSR count). The highest BCUT2D eigenvalue weighted by atomic mass is 16.2. The first-order chi connectivity index (χ1) is 6.07. The van der Waals surface area contributed by atoms with Gasteiger partial charge < -0.3 is 0 Å². The van der Waals surface area contributed by atoms with Gasteiger partial charge in [-0.2, -0.15) is 10.4 Å². The standard InChI is InChI=1S/C7H8N4O2/c1-4(2)11-6(12)5(3-8)9-10-7(11)13/h4H,1-2H3,(H,10,13). The maximum atomic E-state index is 11.3. The van der Waals surface area contributed by atoms with Gasteiger partial charge in [0.25, 0.3) is 5.56 Å². The Labute approximate surface area is 73.4 Å². The van der Waals surface area contributed by atoms with Gasteiger partial charge in [-0.05, 0) is 13.8 Å². The van der Waals surface area contributed by atoms with Gasteiger partial charge in [0.15, 0.2) is 0 Å². The largest absolute Gasteiger partial charge is 0.345 e. The molecule has 13 heavy (non-hydrogen) atoms. The third kappa shape index (κ3) is 1.49. The molecule has 0 aromatic carbocycles. The Balaban J connectivity index is 3.61. The zero-order valence-corrected chi connectivity index (χ0v) is 7.24. The summed E-state index contributed by atoms with van der Waals surface area (Å²) in [6, 6.07) is 1.32. The van der Waals surface area contributed by atoms with Crippen LogP contribution in [0.25, 0.3) is 0 Å². The second kappa shape index (κ2) is 3.23. The van der Waals surface area contributed by atoms with Gasteiger partial charge in [-0.25, -0.2) is 9.89 Å². The van der Waals surface area contributed by atoms with Crippen molar-refractivity contribution < 1.29 is 0 Å². The van der Waals surface area contributed by atoms with Crippen LogP contribution in [0.1, 0.15) is 25.6 Å². The van der Waals surface area contributed by atoms with Crippen LogP contribution in [0, 0.1) is 11.3 Å². The number of nitrogens with zero attached hydrogens (tertiary/aromatic N) is 3. The average molecular weight is 180 g/mol. The van der Waals surface area contributed by atoms with E-state index in [0.717, 1.165) is 4.57 Å². The van der Waals surface area contributed by atoms with Crippen molar-refractivity contribution in [3.05, 3.63) is 26.5 Å². The van der Waals surface area contributed by atoms with E-state index in [2.05, 4.69) is 10.2 Å². The first-order valence-corrected chi connectivity index (χ1v) is 3.69. The first-order valence-electron chi connectivity index (χ1n) is 3.69. The minimum atomic E-state index is -0.652. The summed E-state index contributed by atoms with van der Waals surface area (Å²) in [6.45, 7) is 3.36. The normalized spacial score (nSPS) is 10.0. The number of H-pyrrole nitrogens is 1. The van der Waals surface area contributed by atoms with Crippen molar-refractivity contribution in [2.24, 2.45) is 0 Å². The molecule has 0 saturated heterocycles. The van der Waals surface area contributed by atoms with E-state index < -0.39 is 11.2 Å². The van der Waals surface area contributed by atoms with Crippen LogP contribution in [-0.2, 0) is 0 Å². The third-order valence-electron chi connectivity index (χ3n) is 1.53. The topological polar surface area (TPSA) is 91.5 Å². The quantitative estimate of drug-likeness (QED) is 0.623. The number of rotatable bonds is 1. The van der Waals surface area contributed by atoms with E-state index in [1.165, 1.54) is 0 Å². The summed E-state index contributed by atoms with van der Waals surface area (Å²) in [7, 11) is 0. The Kier molecular flexibility index (Phi) is 2.28. The minimum Gasteiger partial charge on any atom is -0.266 e. The SMILES string of the molecule is CC(C)n1c(=O)[nH]nc(C#N)c1=O. The second-order valence-corrected chi connectivity index (χ2v) is 2.76. The molecule has 0 fully saturated rings. The number of hydrogen-bond donors (Lipinski definition) is 1. The highest BCUT2D eigenvalue weighted by molar-refractivity contribution is 5.13. The van der Waals surface area contributed by atoms with Crippen molar-refractivity contribution in [2.45, 2.75) is 19.9 Å². The fourth-order valence-electron chi connectivity index (χ4n) is 0.954. The third-order valence-corrected chi connectivity index (χ3v) is 1.53. The van der Waals surface area contributed by atoms with Gasteiger partial charge in [0, 0.05) is 6.04 Å². The Bertz CT molecular complexity index is 463. The van der Waals surface area contributed by atoms with Crippen LogP contribution in [0.3, 0.4) is 0 Å². The van der Waals surface area contributed by atoms with Crippen LogP contribution in [0.5, 0.6) is 0 Å². The van der Waals surface area contributed by atoms with E-state index in [4.69, 9.17) is 5.26 Å². The second-order valence-electron chi connectivity index (χ2n) is 2.76. The van der Waals surface area contributed by atoms with Gasteiger partial charge in [0.1, 0.15) is 6.07 Å². The average Bonchev–Trinajstić information content (AvgIpc) is 2.04. The Morgan fingerprint density at radius 3 is 2.62 bits per heavy atom. The Hall–Kier alpha value is -1.90. The summed E-state index contributed by atoms with van der Waals surface area (Å²) >= 11 is 0. The zero-order chi connectivity index (χ0) is 10.0. The molecule has 68 valence electrons. The summed E-state index contributed by atoms with van der Waals surface area (Å²) in [6.07, 6.45) is 0. The van der Waals surface area contributed by atoms with Crippen LogP contribution in [0.15, 0.2) is 9.59 Å². The highest BCUT2D eigenvalue weighted by Crippen LogP contribution is 1.93. The number of aromatic amines is 1. The zero-order valence-electron chi connectivity index (χ0n) is 7.24. The molecule has 0 radical (unpaired) electrons. The number of nitrogens with one attached hydrogen (secondary N) is 1. The molecule has 6 nitrogen and oxygen atoms in total. The summed E-state index contributed by atoms with van der Waals surface area (Å²) in [5, 5.41) is 13.9. The van der Waals surface area contributed by atoms with Gasteiger partial charge in [-0.1, -0.05) is 0 Å². The summed E-state index contributed by atoms with van der Waals surface area (Å²) in [5.41, 5.74) is -1.55. The molecule has 0 spiro atoms. The first kappa shape index (κ1) is 9.19. The van der Waals surface area contributed by atoms with E-state index in [-0.39, 0.29) is 11.7 Å². The summed E-state index contributed by atoms with van der Waals surface area (Å²) in [4.78, 5) is 22.4. The fraction of sp³-hybridized carbons (Fsp3) is 0.429. The van der Waals surface area contributed by atoms with Crippen molar-refractivity contribution >= 4 is 0 Å². The lowest BCUT2D eigenvalue weighted by Gasteiger charge is -2.06. The van der Waals surface area contributed by atoms with Crippen molar-refractivity contribution in [3.63, 3.8) is 0 Å². The van der Waals surface area contributed by atoms with E-state index in [1.54, 1.807) is 19.9 Å². The van der Waals surface area contributed by atoms with Crippen LogP contribution in [0.4, 0.5) is 0 Å². The molecule has 0 unspecified atom stereocenters. The molecule has 0 atom stereocenters. The molecule has 0 amide bonds. The molecule has 0 aliphatic heterocycles. The van der Waals surface area contributed by atoms with Crippen LogP contribution >= 0.6 is 0 Å². The Morgan fingerprint density at radius 1 is 1.54 bits per heavy atom. The highest BCUT2D eigenvalue weighted by Gasteiger charge is 2.10. The van der Waals surface area contributed by atoms with E-state index >= 15 is 0 Å². The van der Waals surface area contributed by atoms with E-state index in [0.29, 0.717) is 0 Å². The Morgan fingerprint density at radius 2 is 2.15 bits per heavy atom. The molecule has 1 N–H and O–H groups in total. The molecule has 0 saturated carbocycles. The predicted molar refractivity (Wildman–Crippen MR) is 44.2 cm³/mol. The van der Waals surface area contributed by atoms with Gasteiger partial charge in [0.05, 0.1) is 0 Å². The molecule has 1 aromatic heterocycles. The summed E-state index contributed by atoms with van der Waals surface area (Å²) < 4.78 is 0.950. The number of nitriles is 1. The molecule has 0 bridgehead atoms. The predicted octanol–water partition coefficient (Wildman–Crippen LogP) is -0.616. The number of aromatic nitrogens is 3. The van der Waals surface area contributed by atoms with Gasteiger partial charge in [0.2, 0.25) is 5.69 Å². The number of hydrogen-bond acceptors (Lipinski definition) is 4. The van der Waals surface area contributed by atoms with Crippen LogP contribution in [0.2, 0.25) is 0 Å². The van der Waals surface area contributed by atoms with Gasteiger partial charge in [-0.3, -0.25) is 9.36 Å². The molecular weight excluding hydrogens is 172 g/mol. The lowest BCUT2D eigenvalue weighted by molar-refractivity contribution is 0.531. The maximum Gasteiger partial charge on any atom is 0.345 e. The van der Waals surface area contributed by atoms with Crippen molar-refractivity contribution in [1.82, 2.24) is 14.8 Å². The fourth-order valence-corrected chi connectivity index (χ4v) is 0.954. The van der Waals surface area contributed by atoms with E-state index in [1.807, 2.05) is 0 Å². The van der Waals surface area contributed by atoms with Crippen molar-refractivity contribution in [2.75, 3.05) is 0 Å².